The predicted molar refractivity (Wildman–Crippen MR) is 110 cm³/mol. The van der Waals surface area contributed by atoms with Gasteiger partial charge in [-0.3, -0.25) is 9.59 Å². The minimum atomic E-state index is -1.76. The van der Waals surface area contributed by atoms with Crippen molar-refractivity contribution in [3.8, 4) is 0 Å². The van der Waals surface area contributed by atoms with E-state index in [-0.39, 0.29) is 17.3 Å². The van der Waals surface area contributed by atoms with Crippen molar-refractivity contribution in [3.05, 3.63) is 6.33 Å². The first kappa shape index (κ1) is 22.9. The number of tetrazole rings is 1. The van der Waals surface area contributed by atoms with Crippen LogP contribution in [0.2, 0.25) is 0 Å². The second kappa shape index (κ2) is 8.37. The lowest BCUT2D eigenvalue weighted by atomic mass is 9.92. The number of fused-ring (bicyclic) bond motifs is 1. The number of esters is 1. The lowest BCUT2D eigenvalue weighted by molar-refractivity contribution is -0.164. The molecule has 1 aromatic rings. The van der Waals surface area contributed by atoms with Gasteiger partial charge in [-0.05, 0) is 17.4 Å². The number of alkyl halides is 4. The van der Waals surface area contributed by atoms with Crippen LogP contribution in [0.1, 0.15) is 13.8 Å². The summed E-state index contributed by atoms with van der Waals surface area (Å²) in [4.78, 5) is 39.0. The van der Waals surface area contributed by atoms with Crippen LogP contribution in [0.3, 0.4) is 0 Å². The van der Waals surface area contributed by atoms with Crippen molar-refractivity contribution in [1.82, 2.24) is 30.4 Å². The normalized spacial score (nSPS) is 29.8. The summed E-state index contributed by atoms with van der Waals surface area (Å²) in [5.74, 6) is -1.49. The van der Waals surface area contributed by atoms with E-state index in [1.807, 2.05) is 13.8 Å². The number of aromatic nitrogens is 4. The Balaban J connectivity index is 1.72. The van der Waals surface area contributed by atoms with E-state index in [9.17, 15) is 14.4 Å². The third kappa shape index (κ3) is 4.60. The zero-order valence-electron chi connectivity index (χ0n) is 15.1. The van der Waals surface area contributed by atoms with Gasteiger partial charge < -0.3 is 15.0 Å². The van der Waals surface area contributed by atoms with Gasteiger partial charge in [0.15, 0.2) is 0 Å². The highest BCUT2D eigenvalue weighted by molar-refractivity contribution is 9.09. The Bertz CT molecular complexity index is 810. The summed E-state index contributed by atoms with van der Waals surface area (Å²) in [5, 5.41) is 12.7. The van der Waals surface area contributed by atoms with Crippen LogP contribution in [0, 0.1) is 0 Å². The third-order valence-electron chi connectivity index (χ3n) is 4.68. The van der Waals surface area contributed by atoms with Crippen molar-refractivity contribution in [2.24, 2.45) is 0 Å². The highest BCUT2D eigenvalue weighted by Gasteiger charge is 2.67. The van der Waals surface area contributed by atoms with Crippen LogP contribution < -0.4 is 5.32 Å². The van der Waals surface area contributed by atoms with E-state index in [0.29, 0.717) is 0 Å². The molecule has 29 heavy (non-hydrogen) atoms. The van der Waals surface area contributed by atoms with Gasteiger partial charge in [-0.1, -0.05) is 57.7 Å². The standard InChI is InChI=1S/C14H16BrCl3N6O4S/c1-6(15)13(2)9(12(27)28-4-14(16,17)18)24-10(26)8(11(24)29-13)20-7(25)3-23-5-19-21-22-23/h5-6,8-9,11H,3-4H2,1-2H3,(H,20,25)/t6?,8?,9?,11-,13?/m1/s1. The van der Waals surface area contributed by atoms with Crippen LogP contribution in [0.4, 0.5) is 0 Å². The van der Waals surface area contributed by atoms with Gasteiger partial charge in [0.2, 0.25) is 15.6 Å². The fourth-order valence-corrected chi connectivity index (χ4v) is 5.57. The highest BCUT2D eigenvalue weighted by atomic mass is 79.9. The molecule has 3 rings (SSSR count). The van der Waals surface area contributed by atoms with Gasteiger partial charge in [-0.15, -0.1) is 16.9 Å². The van der Waals surface area contributed by atoms with Crippen molar-refractivity contribution in [2.75, 3.05) is 6.61 Å². The first-order valence-corrected chi connectivity index (χ1v) is 11.2. The van der Waals surface area contributed by atoms with Crippen LogP contribution in [0.5, 0.6) is 0 Å². The zero-order valence-corrected chi connectivity index (χ0v) is 19.8. The SMILES string of the molecule is CC(Br)C1(C)S[C@@H]2C(NC(=O)Cn3cnnn3)C(=O)N2C1C(=O)OCC(Cl)(Cl)Cl. The highest BCUT2D eigenvalue weighted by Crippen LogP contribution is 2.54. The minimum absolute atomic E-state index is 0.130. The summed E-state index contributed by atoms with van der Waals surface area (Å²) in [7, 11) is 0. The Morgan fingerprint density at radius 3 is 2.72 bits per heavy atom. The molecular formula is C14H16BrCl3N6O4S. The number of hydrogen-bond donors (Lipinski definition) is 1. The summed E-state index contributed by atoms with van der Waals surface area (Å²) in [6.07, 6.45) is 1.29. The number of rotatable bonds is 6. The number of carbonyl (C=O) groups is 3. The second-order valence-corrected chi connectivity index (χ2v) is 12.2. The molecule has 2 saturated heterocycles. The van der Waals surface area contributed by atoms with Crippen LogP contribution in [0.25, 0.3) is 0 Å². The number of ether oxygens (including phenoxy) is 1. The largest absolute Gasteiger partial charge is 0.460 e. The van der Waals surface area contributed by atoms with Crippen LogP contribution in [0.15, 0.2) is 6.33 Å². The molecule has 0 bridgehead atoms. The van der Waals surface area contributed by atoms with Crippen LogP contribution in [-0.4, -0.2) is 80.3 Å². The number of amides is 2. The third-order valence-corrected chi connectivity index (χ3v) is 8.09. The van der Waals surface area contributed by atoms with Gasteiger partial charge in [0.1, 0.15) is 36.9 Å². The average molecular weight is 551 g/mol. The summed E-state index contributed by atoms with van der Waals surface area (Å²) in [6.45, 7) is 3.13. The molecule has 1 N–H and O–H groups in total. The maximum atomic E-state index is 12.8. The average Bonchev–Trinajstić information content (AvgIpc) is 3.22. The van der Waals surface area contributed by atoms with E-state index in [4.69, 9.17) is 39.5 Å². The van der Waals surface area contributed by atoms with Gasteiger partial charge in [0.25, 0.3) is 0 Å². The smallest absolute Gasteiger partial charge is 0.330 e. The lowest BCUT2D eigenvalue weighted by Gasteiger charge is -2.44. The fourth-order valence-electron chi connectivity index (χ4n) is 3.13. The number of halogens is 4. The van der Waals surface area contributed by atoms with Crippen molar-refractivity contribution in [3.63, 3.8) is 0 Å². The van der Waals surface area contributed by atoms with Gasteiger partial charge in [0, 0.05) is 4.83 Å². The Morgan fingerprint density at radius 1 is 1.48 bits per heavy atom. The van der Waals surface area contributed by atoms with E-state index in [1.54, 1.807) is 0 Å². The molecule has 4 unspecified atom stereocenters. The number of hydrogen-bond acceptors (Lipinski definition) is 8. The molecule has 0 saturated carbocycles. The van der Waals surface area contributed by atoms with Crippen molar-refractivity contribution in [2.45, 2.75) is 51.2 Å². The Hall–Kier alpha value is -0.820. The molecule has 3 heterocycles. The van der Waals surface area contributed by atoms with E-state index >= 15 is 0 Å². The summed E-state index contributed by atoms with van der Waals surface area (Å²) >= 11 is 21.9. The number of carbonyl (C=O) groups excluding carboxylic acids is 3. The Labute approximate surface area is 193 Å². The quantitative estimate of drug-likeness (QED) is 0.315. The van der Waals surface area contributed by atoms with Gasteiger partial charge in [-0.2, -0.15) is 0 Å². The first-order chi connectivity index (χ1) is 13.4. The molecule has 0 spiro atoms. The van der Waals surface area contributed by atoms with Gasteiger partial charge in [-0.25, -0.2) is 9.48 Å². The number of nitrogens with one attached hydrogen (secondary N) is 1. The molecule has 2 aliphatic rings. The number of thioether (sulfide) groups is 1. The molecular weight excluding hydrogens is 535 g/mol. The molecule has 5 atom stereocenters. The molecule has 15 heteroatoms. The molecule has 2 aliphatic heterocycles. The van der Waals surface area contributed by atoms with E-state index in [1.165, 1.54) is 27.7 Å². The van der Waals surface area contributed by atoms with E-state index in [2.05, 4.69) is 36.8 Å². The van der Waals surface area contributed by atoms with Crippen molar-refractivity contribution in [1.29, 1.82) is 0 Å². The lowest BCUT2D eigenvalue weighted by Crippen LogP contribution is -2.71. The summed E-state index contributed by atoms with van der Waals surface area (Å²) < 4.78 is 3.90. The van der Waals surface area contributed by atoms with E-state index < -0.39 is 44.5 Å². The van der Waals surface area contributed by atoms with E-state index in [0.717, 1.165) is 0 Å². The topological polar surface area (TPSA) is 119 Å². The molecule has 0 aliphatic carbocycles. The first-order valence-electron chi connectivity index (χ1n) is 8.31. The predicted octanol–water partition coefficient (Wildman–Crippen LogP) is 0.897. The minimum Gasteiger partial charge on any atom is -0.460 e. The van der Waals surface area contributed by atoms with Crippen LogP contribution in [-0.2, 0) is 25.7 Å². The molecule has 160 valence electrons. The Morgan fingerprint density at radius 2 is 2.17 bits per heavy atom. The molecule has 1 aromatic heterocycles. The molecule has 2 fully saturated rings. The maximum Gasteiger partial charge on any atom is 0.330 e. The van der Waals surface area contributed by atoms with Crippen LogP contribution >= 0.6 is 62.5 Å². The molecule has 10 nitrogen and oxygen atoms in total. The maximum absolute atomic E-state index is 12.8. The summed E-state index contributed by atoms with van der Waals surface area (Å²) in [6, 6.07) is -1.68. The molecule has 2 amide bonds. The number of β-lactam (4-membered cyclic amide) rings is 1. The second-order valence-electron chi connectivity index (χ2n) is 6.73. The van der Waals surface area contributed by atoms with Crippen molar-refractivity contribution >= 4 is 80.3 Å². The zero-order chi connectivity index (χ0) is 21.6. The molecule has 0 aromatic carbocycles. The van der Waals surface area contributed by atoms with Gasteiger partial charge in [0.05, 0.1) is 4.75 Å². The summed E-state index contributed by atoms with van der Waals surface area (Å²) in [5.41, 5.74) is 0. The molecule has 0 radical (unpaired) electrons. The van der Waals surface area contributed by atoms with Gasteiger partial charge >= 0.3 is 5.97 Å². The number of nitrogens with zero attached hydrogens (tertiary/aromatic N) is 5. The van der Waals surface area contributed by atoms with Crippen molar-refractivity contribution < 1.29 is 19.1 Å². The Kier molecular flexibility index (Phi) is 6.60. The fraction of sp³-hybridized carbons (Fsp3) is 0.714. The monoisotopic (exact) mass is 548 g/mol.